The van der Waals surface area contributed by atoms with Gasteiger partial charge < -0.3 is 10.1 Å². The molecule has 0 amide bonds. The molecule has 0 bridgehead atoms. The molecule has 6 nitrogen and oxygen atoms in total. The number of ether oxygens (including phenoxy) is 1. The van der Waals surface area contributed by atoms with Gasteiger partial charge in [-0.15, -0.1) is 0 Å². The lowest BCUT2D eigenvalue weighted by Crippen LogP contribution is -2.38. The maximum absolute atomic E-state index is 10.9. The van der Waals surface area contributed by atoms with Crippen molar-refractivity contribution in [2.24, 2.45) is 0 Å². The SMILES string of the molecule is O=S(=O)(O)c1ccc(NCCN2CCOCC2)cc1. The van der Waals surface area contributed by atoms with Crippen LogP contribution in [0.4, 0.5) is 5.69 Å². The second-order valence-electron chi connectivity index (χ2n) is 4.38. The van der Waals surface area contributed by atoms with Crippen LogP contribution in [0.15, 0.2) is 29.2 Å². The van der Waals surface area contributed by atoms with E-state index in [1.54, 1.807) is 12.1 Å². The van der Waals surface area contributed by atoms with E-state index < -0.39 is 10.1 Å². The van der Waals surface area contributed by atoms with Gasteiger partial charge in [0.25, 0.3) is 10.1 Å². The van der Waals surface area contributed by atoms with Gasteiger partial charge in [-0.2, -0.15) is 8.42 Å². The zero-order valence-corrected chi connectivity index (χ0v) is 11.4. The summed E-state index contributed by atoms with van der Waals surface area (Å²) in [5.74, 6) is 0. The Morgan fingerprint density at radius 3 is 2.42 bits per heavy atom. The van der Waals surface area contributed by atoms with Gasteiger partial charge in [-0.05, 0) is 24.3 Å². The van der Waals surface area contributed by atoms with E-state index in [9.17, 15) is 8.42 Å². The molecule has 0 aromatic heterocycles. The Morgan fingerprint density at radius 1 is 1.21 bits per heavy atom. The summed E-state index contributed by atoms with van der Waals surface area (Å²) in [6.45, 7) is 5.16. The third kappa shape index (κ3) is 4.46. The second kappa shape index (κ2) is 6.33. The van der Waals surface area contributed by atoms with Gasteiger partial charge in [0.15, 0.2) is 0 Å². The average molecular weight is 286 g/mol. The molecule has 1 aromatic carbocycles. The topological polar surface area (TPSA) is 78.9 Å². The van der Waals surface area contributed by atoms with Crippen LogP contribution in [0.3, 0.4) is 0 Å². The van der Waals surface area contributed by atoms with Crippen molar-refractivity contribution in [1.82, 2.24) is 4.90 Å². The maximum atomic E-state index is 10.9. The van der Waals surface area contributed by atoms with Crippen molar-refractivity contribution in [3.05, 3.63) is 24.3 Å². The molecule has 0 spiro atoms. The Morgan fingerprint density at radius 2 is 1.84 bits per heavy atom. The van der Waals surface area contributed by atoms with E-state index in [0.29, 0.717) is 0 Å². The molecule has 2 rings (SSSR count). The molecule has 1 saturated heterocycles. The highest BCUT2D eigenvalue weighted by Crippen LogP contribution is 2.13. The number of hydrogen-bond acceptors (Lipinski definition) is 5. The smallest absolute Gasteiger partial charge is 0.294 e. The van der Waals surface area contributed by atoms with E-state index in [1.807, 2.05) is 0 Å². The Labute approximate surface area is 113 Å². The predicted octanol–water partition coefficient (Wildman–Crippen LogP) is 0.677. The first-order chi connectivity index (χ1) is 9.05. The number of nitrogens with one attached hydrogen (secondary N) is 1. The van der Waals surface area contributed by atoms with Crippen LogP contribution in [0.2, 0.25) is 0 Å². The number of rotatable bonds is 5. The largest absolute Gasteiger partial charge is 0.384 e. The Bertz CT molecular complexity index is 495. The van der Waals surface area contributed by atoms with Crippen LogP contribution in [-0.2, 0) is 14.9 Å². The van der Waals surface area contributed by atoms with Crippen molar-refractivity contribution in [3.8, 4) is 0 Å². The first kappa shape index (κ1) is 14.3. The molecule has 2 N–H and O–H groups in total. The summed E-state index contributed by atoms with van der Waals surface area (Å²) >= 11 is 0. The zero-order valence-electron chi connectivity index (χ0n) is 10.6. The molecular formula is C12H18N2O4S. The molecule has 19 heavy (non-hydrogen) atoms. The fourth-order valence-electron chi connectivity index (χ4n) is 1.93. The molecule has 1 heterocycles. The van der Waals surface area contributed by atoms with Gasteiger partial charge in [0.05, 0.1) is 18.1 Å². The summed E-state index contributed by atoms with van der Waals surface area (Å²) in [4.78, 5) is 2.22. The van der Waals surface area contributed by atoms with Crippen molar-refractivity contribution < 1.29 is 17.7 Å². The fraction of sp³-hybridized carbons (Fsp3) is 0.500. The van der Waals surface area contributed by atoms with E-state index in [0.717, 1.165) is 45.1 Å². The van der Waals surface area contributed by atoms with Crippen molar-refractivity contribution in [2.45, 2.75) is 4.90 Å². The molecule has 0 saturated carbocycles. The summed E-state index contributed by atoms with van der Waals surface area (Å²) in [7, 11) is -4.11. The molecule has 1 aliphatic heterocycles. The molecule has 106 valence electrons. The number of morpholine rings is 1. The quantitative estimate of drug-likeness (QED) is 0.775. The number of nitrogens with zero attached hydrogens (tertiary/aromatic N) is 1. The van der Waals surface area contributed by atoms with Crippen LogP contribution in [0.1, 0.15) is 0 Å². The summed E-state index contributed by atoms with van der Waals surface area (Å²) in [6, 6.07) is 6.05. The van der Waals surface area contributed by atoms with Crippen LogP contribution in [0, 0.1) is 0 Å². The van der Waals surface area contributed by atoms with Crippen molar-refractivity contribution in [3.63, 3.8) is 0 Å². The van der Waals surface area contributed by atoms with Gasteiger partial charge in [-0.1, -0.05) is 0 Å². The molecule has 1 aromatic rings. The van der Waals surface area contributed by atoms with Crippen molar-refractivity contribution >= 4 is 15.8 Å². The third-order valence-electron chi connectivity index (χ3n) is 3.01. The first-order valence-electron chi connectivity index (χ1n) is 6.17. The van der Waals surface area contributed by atoms with Crippen LogP contribution in [0.5, 0.6) is 0 Å². The predicted molar refractivity (Wildman–Crippen MR) is 72.0 cm³/mol. The van der Waals surface area contributed by atoms with Crippen LogP contribution < -0.4 is 5.32 Å². The van der Waals surface area contributed by atoms with Gasteiger partial charge in [-0.3, -0.25) is 9.45 Å². The minimum atomic E-state index is -4.11. The lowest BCUT2D eigenvalue weighted by atomic mass is 10.3. The normalized spacial score (nSPS) is 17.3. The van der Waals surface area contributed by atoms with Crippen LogP contribution in [-0.4, -0.2) is 57.3 Å². The lowest BCUT2D eigenvalue weighted by molar-refractivity contribution is 0.0398. The van der Waals surface area contributed by atoms with E-state index in [1.165, 1.54) is 12.1 Å². The summed E-state index contributed by atoms with van der Waals surface area (Å²) in [5.41, 5.74) is 0.834. The standard InChI is InChI=1S/C12H18N2O4S/c15-19(16,17)12-3-1-11(2-4-12)13-5-6-14-7-9-18-10-8-14/h1-4,13H,5-10H2,(H,15,16,17). The molecular weight excluding hydrogens is 268 g/mol. The van der Waals surface area contributed by atoms with E-state index >= 15 is 0 Å². The minimum absolute atomic E-state index is 0.0915. The molecule has 1 fully saturated rings. The van der Waals surface area contributed by atoms with E-state index in [2.05, 4.69) is 10.2 Å². The Kier molecular flexibility index (Phi) is 4.76. The van der Waals surface area contributed by atoms with Crippen LogP contribution >= 0.6 is 0 Å². The highest BCUT2D eigenvalue weighted by molar-refractivity contribution is 7.85. The summed E-state index contributed by atoms with van der Waals surface area (Å²) in [5, 5.41) is 3.21. The Hall–Kier alpha value is -1.15. The summed E-state index contributed by atoms with van der Waals surface area (Å²) < 4.78 is 35.9. The lowest BCUT2D eigenvalue weighted by Gasteiger charge is -2.26. The molecule has 0 radical (unpaired) electrons. The van der Waals surface area contributed by atoms with Crippen LogP contribution in [0.25, 0.3) is 0 Å². The minimum Gasteiger partial charge on any atom is -0.384 e. The average Bonchev–Trinajstić information content (AvgIpc) is 2.39. The van der Waals surface area contributed by atoms with E-state index in [-0.39, 0.29) is 4.90 Å². The molecule has 7 heteroatoms. The molecule has 1 aliphatic rings. The van der Waals surface area contributed by atoms with Gasteiger partial charge in [0, 0.05) is 31.9 Å². The second-order valence-corrected chi connectivity index (χ2v) is 5.80. The highest BCUT2D eigenvalue weighted by Gasteiger charge is 2.10. The van der Waals surface area contributed by atoms with Gasteiger partial charge in [0.1, 0.15) is 0 Å². The van der Waals surface area contributed by atoms with Gasteiger partial charge in [0.2, 0.25) is 0 Å². The molecule has 0 aliphatic carbocycles. The number of benzene rings is 1. The summed E-state index contributed by atoms with van der Waals surface area (Å²) in [6.07, 6.45) is 0. The molecule has 0 unspecified atom stereocenters. The molecule has 0 atom stereocenters. The first-order valence-corrected chi connectivity index (χ1v) is 7.61. The highest BCUT2D eigenvalue weighted by atomic mass is 32.2. The maximum Gasteiger partial charge on any atom is 0.294 e. The van der Waals surface area contributed by atoms with Crippen molar-refractivity contribution in [1.29, 1.82) is 0 Å². The van der Waals surface area contributed by atoms with E-state index in [4.69, 9.17) is 9.29 Å². The zero-order chi connectivity index (χ0) is 13.7. The van der Waals surface area contributed by atoms with Crippen molar-refractivity contribution in [2.75, 3.05) is 44.7 Å². The Balaban J connectivity index is 1.80. The number of anilines is 1. The van der Waals surface area contributed by atoms with Gasteiger partial charge in [-0.25, -0.2) is 0 Å². The fourth-order valence-corrected chi connectivity index (χ4v) is 2.41. The van der Waals surface area contributed by atoms with Gasteiger partial charge >= 0.3 is 0 Å². The number of hydrogen-bond donors (Lipinski definition) is 2. The third-order valence-corrected chi connectivity index (χ3v) is 3.88. The monoisotopic (exact) mass is 286 g/mol.